The summed E-state index contributed by atoms with van der Waals surface area (Å²) in [6, 6.07) is 0. The highest BCUT2D eigenvalue weighted by molar-refractivity contribution is 4.73. The molecule has 1 nitrogen and oxygen atoms in total. The van der Waals surface area contributed by atoms with Crippen LogP contribution in [-0.2, 0) is 0 Å². The summed E-state index contributed by atoms with van der Waals surface area (Å²) in [6.45, 7) is 8.84. The Hall–Kier alpha value is -0.0400. The number of hydrogen-bond acceptors (Lipinski definition) is 1. The fourth-order valence-electron chi connectivity index (χ4n) is 2.47. The second kappa shape index (κ2) is 10.1. The average molecular weight is 228 g/mol. The Kier molecular flexibility index (Phi) is 10.1. The first kappa shape index (κ1) is 16.0. The largest absolute Gasteiger partial charge is 0.393 e. The van der Waals surface area contributed by atoms with Crippen molar-refractivity contribution in [3.8, 4) is 0 Å². The quantitative estimate of drug-likeness (QED) is 0.734. The van der Waals surface area contributed by atoms with Gasteiger partial charge in [0.1, 0.15) is 0 Å². The van der Waals surface area contributed by atoms with Gasteiger partial charge in [-0.2, -0.15) is 0 Å². The van der Waals surface area contributed by atoms with Gasteiger partial charge in [-0.15, -0.1) is 0 Å². The topological polar surface area (TPSA) is 20.2 Å². The average Bonchev–Trinajstić information content (AvgIpc) is 2.29. The summed E-state index contributed by atoms with van der Waals surface area (Å²) < 4.78 is 0. The lowest BCUT2D eigenvalue weighted by atomic mass is 9.80. The zero-order chi connectivity index (χ0) is 12.4. The number of rotatable bonds is 4. The Bertz CT molecular complexity index is 132. The minimum atomic E-state index is 0.0120. The van der Waals surface area contributed by atoms with Crippen molar-refractivity contribution in [3.05, 3.63) is 0 Å². The Morgan fingerprint density at radius 2 is 1.38 bits per heavy atom. The Labute approximate surface area is 103 Å². The lowest BCUT2D eigenvalue weighted by molar-refractivity contribution is 0.101. The van der Waals surface area contributed by atoms with Gasteiger partial charge in [-0.25, -0.2) is 0 Å². The van der Waals surface area contributed by atoms with E-state index in [1.165, 1.54) is 38.5 Å². The van der Waals surface area contributed by atoms with E-state index >= 15 is 0 Å². The van der Waals surface area contributed by atoms with Crippen LogP contribution in [0.1, 0.15) is 79.1 Å². The van der Waals surface area contributed by atoms with Crippen LogP contribution in [0.3, 0.4) is 0 Å². The molecule has 0 radical (unpaired) electrons. The van der Waals surface area contributed by atoms with Gasteiger partial charge in [0.15, 0.2) is 0 Å². The van der Waals surface area contributed by atoms with Crippen LogP contribution in [0.25, 0.3) is 0 Å². The minimum absolute atomic E-state index is 0.0120. The molecule has 98 valence electrons. The Morgan fingerprint density at radius 1 is 0.938 bits per heavy atom. The van der Waals surface area contributed by atoms with Crippen molar-refractivity contribution in [2.45, 2.75) is 85.2 Å². The minimum Gasteiger partial charge on any atom is -0.393 e. The third kappa shape index (κ3) is 7.27. The fourth-order valence-corrected chi connectivity index (χ4v) is 2.47. The van der Waals surface area contributed by atoms with Gasteiger partial charge in [0.2, 0.25) is 0 Å². The first-order valence-electron chi connectivity index (χ1n) is 7.35. The Morgan fingerprint density at radius 3 is 1.75 bits per heavy atom. The molecule has 0 amide bonds. The first-order valence-corrected chi connectivity index (χ1v) is 7.35. The van der Waals surface area contributed by atoms with Crippen molar-refractivity contribution in [2.24, 2.45) is 11.8 Å². The van der Waals surface area contributed by atoms with E-state index in [0.29, 0.717) is 0 Å². The van der Waals surface area contributed by atoms with Crippen LogP contribution in [0.2, 0.25) is 0 Å². The molecule has 1 aliphatic carbocycles. The second-order valence-corrected chi connectivity index (χ2v) is 5.30. The maximum Gasteiger partial charge on any atom is 0.0540 e. The van der Waals surface area contributed by atoms with Gasteiger partial charge >= 0.3 is 0 Å². The van der Waals surface area contributed by atoms with Crippen molar-refractivity contribution in [1.29, 1.82) is 0 Å². The van der Waals surface area contributed by atoms with Crippen molar-refractivity contribution in [1.82, 2.24) is 0 Å². The summed E-state index contributed by atoms with van der Waals surface area (Å²) in [5.74, 6) is 1.84. The monoisotopic (exact) mass is 228 g/mol. The van der Waals surface area contributed by atoms with Crippen LogP contribution < -0.4 is 0 Å². The first-order chi connectivity index (χ1) is 7.67. The van der Waals surface area contributed by atoms with Gasteiger partial charge < -0.3 is 5.11 Å². The summed E-state index contributed by atoms with van der Waals surface area (Å²) in [6.07, 6.45) is 9.94. The second-order valence-electron chi connectivity index (χ2n) is 5.30. The molecule has 0 bridgehead atoms. The standard InChI is InChI=1S/C12H24O.C3H8/c1-3-10(4-2)9-11-5-7-12(13)8-6-11;1-3-2/h10-13H,3-9H2,1-2H3;3H2,1-2H3. The molecule has 0 heterocycles. The molecule has 0 spiro atoms. The van der Waals surface area contributed by atoms with Crippen molar-refractivity contribution in [3.63, 3.8) is 0 Å². The van der Waals surface area contributed by atoms with E-state index in [2.05, 4.69) is 27.7 Å². The predicted octanol–water partition coefficient (Wildman–Crippen LogP) is 4.78. The van der Waals surface area contributed by atoms with E-state index in [-0.39, 0.29) is 6.10 Å². The zero-order valence-electron chi connectivity index (χ0n) is 11.8. The predicted molar refractivity (Wildman–Crippen MR) is 72.6 cm³/mol. The molecule has 16 heavy (non-hydrogen) atoms. The molecule has 1 fully saturated rings. The van der Waals surface area contributed by atoms with Crippen molar-refractivity contribution < 1.29 is 5.11 Å². The molecule has 0 atom stereocenters. The molecular weight excluding hydrogens is 196 g/mol. The highest BCUT2D eigenvalue weighted by Crippen LogP contribution is 2.31. The summed E-state index contributed by atoms with van der Waals surface area (Å²) >= 11 is 0. The molecule has 1 saturated carbocycles. The maximum atomic E-state index is 9.38. The molecule has 0 aromatic carbocycles. The van der Waals surface area contributed by atoms with Crippen LogP contribution in [0.5, 0.6) is 0 Å². The summed E-state index contributed by atoms with van der Waals surface area (Å²) in [7, 11) is 0. The van der Waals surface area contributed by atoms with Crippen molar-refractivity contribution >= 4 is 0 Å². The normalized spacial score (nSPS) is 25.1. The number of hydrogen-bond donors (Lipinski definition) is 1. The van der Waals surface area contributed by atoms with Crippen molar-refractivity contribution in [2.75, 3.05) is 0 Å². The van der Waals surface area contributed by atoms with Gasteiger partial charge in [0, 0.05) is 0 Å². The summed E-state index contributed by atoms with van der Waals surface area (Å²) in [5, 5.41) is 9.38. The zero-order valence-corrected chi connectivity index (χ0v) is 11.8. The maximum absolute atomic E-state index is 9.38. The molecule has 1 rings (SSSR count). The highest BCUT2D eigenvalue weighted by atomic mass is 16.3. The van der Waals surface area contributed by atoms with E-state index in [1.807, 2.05) is 0 Å². The smallest absolute Gasteiger partial charge is 0.0540 e. The summed E-state index contributed by atoms with van der Waals surface area (Å²) in [5.41, 5.74) is 0. The molecule has 0 aromatic rings. The van der Waals surface area contributed by atoms with Crippen LogP contribution >= 0.6 is 0 Å². The van der Waals surface area contributed by atoms with E-state index < -0.39 is 0 Å². The number of aliphatic hydroxyl groups is 1. The van der Waals surface area contributed by atoms with Gasteiger partial charge in [0.05, 0.1) is 6.10 Å². The molecule has 1 aliphatic rings. The Balaban J connectivity index is 0.000000673. The molecular formula is C15H32O. The van der Waals surface area contributed by atoms with Crippen LogP contribution in [0.4, 0.5) is 0 Å². The fraction of sp³-hybridized carbons (Fsp3) is 1.00. The van der Waals surface area contributed by atoms with Gasteiger partial charge in [-0.3, -0.25) is 0 Å². The van der Waals surface area contributed by atoms with E-state index in [9.17, 15) is 5.11 Å². The number of aliphatic hydroxyl groups excluding tert-OH is 1. The third-order valence-electron chi connectivity index (χ3n) is 3.64. The van der Waals surface area contributed by atoms with Gasteiger partial charge in [-0.05, 0) is 43.9 Å². The van der Waals surface area contributed by atoms with Crippen LogP contribution in [0.15, 0.2) is 0 Å². The molecule has 1 heteroatoms. The third-order valence-corrected chi connectivity index (χ3v) is 3.64. The van der Waals surface area contributed by atoms with E-state index in [0.717, 1.165) is 24.7 Å². The van der Waals surface area contributed by atoms with Crippen LogP contribution in [0, 0.1) is 11.8 Å². The molecule has 0 unspecified atom stereocenters. The van der Waals surface area contributed by atoms with Crippen LogP contribution in [-0.4, -0.2) is 11.2 Å². The summed E-state index contributed by atoms with van der Waals surface area (Å²) in [4.78, 5) is 0. The van der Waals surface area contributed by atoms with E-state index in [4.69, 9.17) is 0 Å². The molecule has 0 aliphatic heterocycles. The molecule has 0 saturated heterocycles. The van der Waals surface area contributed by atoms with E-state index in [1.54, 1.807) is 0 Å². The SMILES string of the molecule is CCC.CCC(CC)CC1CCC(O)CC1. The lowest BCUT2D eigenvalue weighted by Crippen LogP contribution is -2.20. The molecule has 0 aromatic heterocycles. The van der Waals surface area contributed by atoms with Gasteiger partial charge in [0.25, 0.3) is 0 Å². The van der Waals surface area contributed by atoms with Gasteiger partial charge in [-0.1, -0.05) is 47.0 Å². The highest BCUT2D eigenvalue weighted by Gasteiger charge is 2.21. The molecule has 1 N–H and O–H groups in total. The lowest BCUT2D eigenvalue weighted by Gasteiger charge is -2.28.